The number of anilines is 2. The number of hydrogen-bond acceptors (Lipinski definition) is 4. The molecule has 1 aliphatic heterocycles. The van der Waals surface area contributed by atoms with E-state index in [9.17, 15) is 18.0 Å². The molecule has 2 heterocycles. The fourth-order valence-corrected chi connectivity index (χ4v) is 2.99. The maximum absolute atomic E-state index is 12.7. The molecule has 0 saturated carbocycles. The van der Waals surface area contributed by atoms with Crippen molar-refractivity contribution < 1.29 is 22.7 Å². The maximum Gasteiger partial charge on any atom is 0.449 e. The zero-order valence-electron chi connectivity index (χ0n) is 14.0. The van der Waals surface area contributed by atoms with Gasteiger partial charge in [-0.1, -0.05) is 12.1 Å². The highest BCUT2D eigenvalue weighted by Gasteiger charge is 2.34. The number of hydrogen-bond donors (Lipinski definition) is 2. The Kier molecular flexibility index (Phi) is 4.14. The minimum atomic E-state index is -4.55. The first-order chi connectivity index (χ1) is 12.9. The van der Waals surface area contributed by atoms with Crippen molar-refractivity contribution in [1.82, 2.24) is 9.97 Å². The molecule has 3 aromatic rings. The van der Waals surface area contributed by atoms with Crippen molar-refractivity contribution in [2.45, 2.75) is 6.18 Å². The van der Waals surface area contributed by atoms with Gasteiger partial charge in [-0.3, -0.25) is 4.79 Å². The summed E-state index contributed by atoms with van der Waals surface area (Å²) in [5.41, 5.74) is 1.61. The summed E-state index contributed by atoms with van der Waals surface area (Å²) < 4.78 is 43.8. The van der Waals surface area contributed by atoms with Gasteiger partial charge in [0.2, 0.25) is 11.7 Å². The van der Waals surface area contributed by atoms with Gasteiger partial charge in [-0.25, -0.2) is 4.98 Å². The zero-order valence-corrected chi connectivity index (χ0v) is 14.0. The van der Waals surface area contributed by atoms with E-state index in [0.717, 1.165) is 11.4 Å². The van der Waals surface area contributed by atoms with Gasteiger partial charge in [-0.15, -0.1) is 0 Å². The molecule has 4 rings (SSSR count). The first kappa shape index (κ1) is 17.2. The van der Waals surface area contributed by atoms with Gasteiger partial charge in [0.25, 0.3) is 0 Å². The number of carbonyl (C=O) groups excluding carboxylic acids is 1. The summed E-state index contributed by atoms with van der Waals surface area (Å²) >= 11 is 0. The first-order valence-corrected chi connectivity index (χ1v) is 8.24. The van der Waals surface area contributed by atoms with E-state index < -0.39 is 12.0 Å². The zero-order chi connectivity index (χ0) is 19.0. The second kappa shape index (κ2) is 6.49. The number of halogens is 3. The normalized spacial score (nSPS) is 14.0. The van der Waals surface area contributed by atoms with Crippen LogP contribution in [0.15, 0.2) is 42.5 Å². The highest BCUT2D eigenvalue weighted by molar-refractivity contribution is 5.96. The third kappa shape index (κ3) is 3.53. The van der Waals surface area contributed by atoms with Gasteiger partial charge in [0.05, 0.1) is 29.8 Å². The molecule has 0 atom stereocenters. The van der Waals surface area contributed by atoms with E-state index in [1.807, 2.05) is 29.2 Å². The van der Waals surface area contributed by atoms with Crippen molar-refractivity contribution >= 4 is 28.3 Å². The predicted octanol–water partition coefficient (Wildman–Crippen LogP) is 3.42. The molecule has 2 N–H and O–H groups in total. The number of alkyl halides is 3. The van der Waals surface area contributed by atoms with Gasteiger partial charge in [-0.2, -0.15) is 13.2 Å². The lowest BCUT2D eigenvalue weighted by atomic mass is 10.2. The summed E-state index contributed by atoms with van der Waals surface area (Å²) in [6.45, 7) is 1.15. The quantitative estimate of drug-likeness (QED) is 0.735. The Morgan fingerprint density at radius 3 is 2.89 bits per heavy atom. The van der Waals surface area contributed by atoms with Crippen molar-refractivity contribution in [2.24, 2.45) is 0 Å². The van der Waals surface area contributed by atoms with Crippen molar-refractivity contribution in [3.63, 3.8) is 0 Å². The topological polar surface area (TPSA) is 70.2 Å². The Balaban J connectivity index is 1.49. The molecule has 0 bridgehead atoms. The van der Waals surface area contributed by atoms with Crippen LogP contribution in [0, 0.1) is 0 Å². The van der Waals surface area contributed by atoms with Crippen LogP contribution in [-0.2, 0) is 11.0 Å². The number of fused-ring (bicyclic) bond motifs is 2. The summed E-state index contributed by atoms with van der Waals surface area (Å²) in [4.78, 5) is 20.0. The van der Waals surface area contributed by atoms with Crippen molar-refractivity contribution in [3.8, 4) is 5.75 Å². The third-order valence-electron chi connectivity index (χ3n) is 4.19. The van der Waals surface area contributed by atoms with Crippen LogP contribution >= 0.6 is 0 Å². The molecule has 27 heavy (non-hydrogen) atoms. The summed E-state index contributed by atoms with van der Waals surface area (Å²) in [6, 6.07) is 11.8. The molecule has 9 heteroatoms. The first-order valence-electron chi connectivity index (χ1n) is 8.24. The fraction of sp³-hybridized carbons (Fsp3) is 0.222. The maximum atomic E-state index is 12.7. The van der Waals surface area contributed by atoms with Gasteiger partial charge < -0.3 is 19.9 Å². The molecule has 0 radical (unpaired) electrons. The summed E-state index contributed by atoms with van der Waals surface area (Å²) in [6.07, 6.45) is -4.55. The lowest BCUT2D eigenvalue weighted by Crippen LogP contribution is -2.38. The van der Waals surface area contributed by atoms with E-state index in [4.69, 9.17) is 4.74 Å². The molecule has 1 aliphatic rings. The minimum absolute atomic E-state index is 0.106. The van der Waals surface area contributed by atoms with E-state index in [-0.39, 0.29) is 23.5 Å². The van der Waals surface area contributed by atoms with Gasteiger partial charge in [0.15, 0.2) is 0 Å². The second-order valence-corrected chi connectivity index (χ2v) is 6.10. The SMILES string of the molecule is O=C(CN1CCOc2ccccc21)Nc1ccc2nc(C(F)(F)F)[nH]c2c1. The molecule has 1 amide bonds. The lowest BCUT2D eigenvalue weighted by Gasteiger charge is -2.30. The van der Waals surface area contributed by atoms with Crippen molar-refractivity contribution in [3.05, 3.63) is 48.3 Å². The number of carbonyl (C=O) groups is 1. The molecular weight excluding hydrogens is 361 g/mol. The molecule has 0 spiro atoms. The molecule has 2 aromatic carbocycles. The predicted molar refractivity (Wildman–Crippen MR) is 93.9 cm³/mol. The van der Waals surface area contributed by atoms with Crippen LogP contribution in [0.4, 0.5) is 24.5 Å². The van der Waals surface area contributed by atoms with Crippen LogP contribution < -0.4 is 15.0 Å². The highest BCUT2D eigenvalue weighted by Crippen LogP contribution is 2.31. The number of benzene rings is 2. The largest absolute Gasteiger partial charge is 0.490 e. The van der Waals surface area contributed by atoms with Crippen LogP contribution in [0.2, 0.25) is 0 Å². The molecule has 0 saturated heterocycles. The molecule has 0 fully saturated rings. The average Bonchev–Trinajstić information content (AvgIpc) is 3.06. The number of rotatable bonds is 3. The third-order valence-corrected chi connectivity index (χ3v) is 4.19. The lowest BCUT2D eigenvalue weighted by molar-refractivity contribution is -0.144. The number of aromatic amines is 1. The van der Waals surface area contributed by atoms with E-state index >= 15 is 0 Å². The number of amides is 1. The fourth-order valence-electron chi connectivity index (χ4n) is 2.99. The summed E-state index contributed by atoms with van der Waals surface area (Å²) in [5.74, 6) is -0.623. The van der Waals surface area contributed by atoms with Gasteiger partial charge >= 0.3 is 6.18 Å². The van der Waals surface area contributed by atoms with Crippen molar-refractivity contribution in [1.29, 1.82) is 0 Å². The van der Waals surface area contributed by atoms with E-state index in [1.54, 1.807) is 0 Å². The van der Waals surface area contributed by atoms with Crippen LogP contribution in [0.5, 0.6) is 5.75 Å². The van der Waals surface area contributed by atoms with Gasteiger partial charge in [-0.05, 0) is 30.3 Å². The van der Waals surface area contributed by atoms with Crippen molar-refractivity contribution in [2.75, 3.05) is 29.9 Å². The summed E-state index contributed by atoms with van der Waals surface area (Å²) in [7, 11) is 0. The van der Waals surface area contributed by atoms with E-state index in [0.29, 0.717) is 18.8 Å². The van der Waals surface area contributed by atoms with E-state index in [2.05, 4.69) is 15.3 Å². The number of nitrogens with one attached hydrogen (secondary N) is 2. The Labute approximate surface area is 151 Å². The standard InChI is InChI=1S/C18H15F3N4O2/c19-18(20,21)17-23-12-6-5-11(9-13(12)24-17)22-16(26)10-25-7-8-27-15-4-2-1-3-14(15)25/h1-6,9H,7-8,10H2,(H,22,26)(H,23,24). The number of imidazole rings is 1. The Morgan fingerprint density at radius 1 is 1.26 bits per heavy atom. The van der Waals surface area contributed by atoms with Crippen LogP contribution in [0.1, 0.15) is 5.82 Å². The molecule has 6 nitrogen and oxygen atoms in total. The molecule has 0 unspecified atom stereocenters. The minimum Gasteiger partial charge on any atom is -0.490 e. The van der Waals surface area contributed by atoms with Crippen LogP contribution in [0.3, 0.4) is 0 Å². The Morgan fingerprint density at radius 2 is 2.07 bits per heavy atom. The number of H-pyrrole nitrogens is 1. The number of para-hydroxylation sites is 2. The van der Waals surface area contributed by atoms with Gasteiger partial charge in [0, 0.05) is 5.69 Å². The molecule has 140 valence electrons. The highest BCUT2D eigenvalue weighted by atomic mass is 19.4. The average molecular weight is 376 g/mol. The van der Waals surface area contributed by atoms with E-state index in [1.165, 1.54) is 18.2 Å². The number of aromatic nitrogens is 2. The number of ether oxygens (including phenoxy) is 1. The molecule has 0 aliphatic carbocycles. The number of nitrogens with zero attached hydrogens (tertiary/aromatic N) is 2. The Bertz CT molecular complexity index is 1000. The molecule has 1 aromatic heterocycles. The Hall–Kier alpha value is -3.23. The van der Waals surface area contributed by atoms with Crippen LogP contribution in [0.25, 0.3) is 11.0 Å². The van der Waals surface area contributed by atoms with Crippen LogP contribution in [-0.4, -0.2) is 35.6 Å². The van der Waals surface area contributed by atoms with Gasteiger partial charge in [0.1, 0.15) is 12.4 Å². The smallest absolute Gasteiger partial charge is 0.449 e. The monoisotopic (exact) mass is 376 g/mol. The second-order valence-electron chi connectivity index (χ2n) is 6.10. The molecular formula is C18H15F3N4O2. The summed E-state index contributed by atoms with van der Waals surface area (Å²) in [5, 5.41) is 2.71.